The second-order valence-corrected chi connectivity index (χ2v) is 8.75. The fourth-order valence-corrected chi connectivity index (χ4v) is 4.84. The number of likely N-dealkylation sites (tertiary alicyclic amines) is 1. The third-order valence-electron chi connectivity index (χ3n) is 6.75. The summed E-state index contributed by atoms with van der Waals surface area (Å²) in [4.78, 5) is 22.7. The number of rotatable bonds is 6. The molecule has 1 aromatic carbocycles. The second kappa shape index (κ2) is 9.22. The molecule has 2 aliphatic heterocycles. The van der Waals surface area contributed by atoms with Crippen molar-refractivity contribution >= 4 is 16.8 Å². The van der Waals surface area contributed by atoms with E-state index in [0.29, 0.717) is 12.3 Å². The van der Waals surface area contributed by atoms with Crippen molar-refractivity contribution in [1.82, 2.24) is 20.0 Å². The molecule has 2 saturated heterocycles. The fraction of sp³-hybridized carbons (Fsp3) is 0.542. The molecule has 31 heavy (non-hydrogen) atoms. The van der Waals surface area contributed by atoms with Crippen molar-refractivity contribution in [3.8, 4) is 0 Å². The highest BCUT2D eigenvalue weighted by Crippen LogP contribution is 2.30. The van der Waals surface area contributed by atoms with Crippen LogP contribution in [0.5, 0.6) is 0 Å². The van der Waals surface area contributed by atoms with Gasteiger partial charge >= 0.3 is 0 Å². The lowest BCUT2D eigenvalue weighted by atomic mass is 9.96. The number of piperidine rings is 1. The smallest absolute Gasteiger partial charge is 0.229 e. The van der Waals surface area contributed by atoms with Crippen LogP contribution in [0.2, 0.25) is 0 Å². The van der Waals surface area contributed by atoms with Crippen molar-refractivity contribution in [1.29, 1.82) is 0 Å². The van der Waals surface area contributed by atoms with Gasteiger partial charge in [-0.15, -0.1) is 0 Å². The van der Waals surface area contributed by atoms with E-state index < -0.39 is 0 Å². The monoisotopic (exact) mass is 422 g/mol. The van der Waals surface area contributed by atoms with Gasteiger partial charge in [-0.25, -0.2) is 0 Å². The molecule has 0 unspecified atom stereocenters. The molecule has 7 nitrogen and oxygen atoms in total. The zero-order valence-electron chi connectivity index (χ0n) is 17.9. The molecule has 3 aromatic rings. The zero-order valence-corrected chi connectivity index (χ0v) is 17.9. The topological polar surface area (TPSA) is 84.2 Å². The van der Waals surface area contributed by atoms with E-state index in [1.807, 2.05) is 11.0 Å². The van der Waals surface area contributed by atoms with Gasteiger partial charge in [0.1, 0.15) is 0 Å². The summed E-state index contributed by atoms with van der Waals surface area (Å²) in [6.45, 7) is 3.09. The van der Waals surface area contributed by atoms with Crippen LogP contribution in [0.1, 0.15) is 67.6 Å². The largest absolute Gasteiger partial charge is 0.381 e. The SMILES string of the molecule is O=C(CCCc1c[nH]c2ccccc12)N1CCC(c2nc(C3CCOCC3)no2)CC1. The molecule has 2 fully saturated rings. The number of nitrogens with one attached hydrogen (secondary N) is 1. The van der Waals surface area contributed by atoms with Gasteiger partial charge in [0.15, 0.2) is 5.82 Å². The lowest BCUT2D eigenvalue weighted by molar-refractivity contribution is -0.132. The van der Waals surface area contributed by atoms with E-state index in [2.05, 4.69) is 34.5 Å². The summed E-state index contributed by atoms with van der Waals surface area (Å²) in [6, 6.07) is 8.32. The van der Waals surface area contributed by atoms with Gasteiger partial charge in [-0.05, 0) is 50.2 Å². The van der Waals surface area contributed by atoms with Crippen molar-refractivity contribution in [3.63, 3.8) is 0 Å². The van der Waals surface area contributed by atoms with Crippen LogP contribution in [-0.4, -0.2) is 52.2 Å². The van der Waals surface area contributed by atoms with E-state index in [1.165, 1.54) is 10.9 Å². The van der Waals surface area contributed by atoms with Crippen LogP contribution in [0.25, 0.3) is 10.9 Å². The standard InChI is InChI=1S/C24H30N4O3/c29-22(7-3-4-19-16-25-21-6-2-1-5-20(19)21)28-12-8-18(9-13-28)24-26-23(27-31-24)17-10-14-30-15-11-17/h1-2,5-6,16-18,25H,3-4,7-15H2. The van der Waals surface area contributed by atoms with Gasteiger partial charge in [-0.3, -0.25) is 4.79 Å². The number of amides is 1. The number of aryl methyl sites for hydroxylation is 1. The Morgan fingerprint density at radius 2 is 1.90 bits per heavy atom. The number of carbonyl (C=O) groups is 1. The van der Waals surface area contributed by atoms with Crippen molar-refractivity contribution in [2.45, 2.75) is 56.8 Å². The summed E-state index contributed by atoms with van der Waals surface area (Å²) in [6.07, 6.45) is 8.17. The molecule has 164 valence electrons. The molecule has 5 rings (SSSR count). The van der Waals surface area contributed by atoms with Crippen molar-refractivity contribution < 1.29 is 14.1 Å². The molecule has 1 amide bonds. The third-order valence-corrected chi connectivity index (χ3v) is 6.75. The van der Waals surface area contributed by atoms with Crippen molar-refractivity contribution in [2.24, 2.45) is 0 Å². The number of aromatic amines is 1. The minimum Gasteiger partial charge on any atom is -0.381 e. The van der Waals surface area contributed by atoms with Crippen LogP contribution in [0.15, 0.2) is 35.0 Å². The normalized spacial score (nSPS) is 18.6. The maximum Gasteiger partial charge on any atom is 0.229 e. The highest BCUT2D eigenvalue weighted by atomic mass is 16.5. The number of benzene rings is 1. The first kappa shape index (κ1) is 20.2. The minimum atomic E-state index is 0.256. The van der Waals surface area contributed by atoms with Gasteiger partial charge in [0.05, 0.1) is 0 Å². The molecule has 7 heteroatoms. The van der Waals surface area contributed by atoms with Crippen LogP contribution >= 0.6 is 0 Å². The maximum absolute atomic E-state index is 12.7. The van der Waals surface area contributed by atoms with E-state index in [0.717, 1.165) is 82.1 Å². The van der Waals surface area contributed by atoms with Crippen molar-refractivity contribution in [2.75, 3.05) is 26.3 Å². The number of para-hydroxylation sites is 1. The van der Waals surface area contributed by atoms with Gasteiger partial charge in [-0.2, -0.15) is 4.98 Å². The lowest BCUT2D eigenvalue weighted by Gasteiger charge is -2.30. The number of H-pyrrole nitrogens is 1. The first-order valence-corrected chi connectivity index (χ1v) is 11.5. The Labute approximate surface area is 182 Å². The van der Waals surface area contributed by atoms with Gasteiger partial charge < -0.3 is 19.1 Å². The molecule has 0 radical (unpaired) electrons. The van der Waals surface area contributed by atoms with E-state index in [9.17, 15) is 4.79 Å². The van der Waals surface area contributed by atoms with Gasteiger partial charge in [-0.1, -0.05) is 23.4 Å². The fourth-order valence-electron chi connectivity index (χ4n) is 4.84. The Balaban J connectivity index is 1.09. The van der Waals surface area contributed by atoms with Crippen LogP contribution in [0.4, 0.5) is 0 Å². The number of fused-ring (bicyclic) bond motifs is 1. The summed E-state index contributed by atoms with van der Waals surface area (Å²) >= 11 is 0. The first-order chi connectivity index (χ1) is 15.3. The molecule has 2 aliphatic rings. The molecule has 1 N–H and O–H groups in total. The summed E-state index contributed by atoms with van der Waals surface area (Å²) in [5.41, 5.74) is 2.45. The van der Waals surface area contributed by atoms with Crippen LogP contribution in [0.3, 0.4) is 0 Å². The molecule has 0 atom stereocenters. The predicted molar refractivity (Wildman–Crippen MR) is 117 cm³/mol. The van der Waals surface area contributed by atoms with E-state index >= 15 is 0 Å². The number of hydrogen-bond acceptors (Lipinski definition) is 5. The maximum atomic E-state index is 12.7. The predicted octanol–water partition coefficient (Wildman–Crippen LogP) is 4.17. The molecule has 0 spiro atoms. The molecular weight excluding hydrogens is 392 g/mol. The molecule has 0 saturated carbocycles. The average Bonchev–Trinajstić information content (AvgIpc) is 3.48. The van der Waals surface area contributed by atoms with E-state index in [1.54, 1.807) is 0 Å². The Morgan fingerprint density at radius 3 is 2.74 bits per heavy atom. The molecule has 2 aromatic heterocycles. The molecular formula is C24H30N4O3. The lowest BCUT2D eigenvalue weighted by Crippen LogP contribution is -2.37. The second-order valence-electron chi connectivity index (χ2n) is 8.75. The van der Waals surface area contributed by atoms with Gasteiger partial charge in [0.25, 0.3) is 0 Å². The van der Waals surface area contributed by atoms with Crippen molar-refractivity contribution in [3.05, 3.63) is 47.7 Å². The highest BCUT2D eigenvalue weighted by molar-refractivity contribution is 5.83. The number of ether oxygens (including phenoxy) is 1. The van der Waals surface area contributed by atoms with E-state index in [-0.39, 0.29) is 11.8 Å². The van der Waals surface area contributed by atoms with Crippen LogP contribution in [0, 0.1) is 0 Å². The average molecular weight is 423 g/mol. The van der Waals surface area contributed by atoms with Gasteiger partial charge in [0, 0.05) is 61.7 Å². The minimum absolute atomic E-state index is 0.256. The number of hydrogen-bond donors (Lipinski definition) is 1. The van der Waals surface area contributed by atoms with Gasteiger partial charge in [0.2, 0.25) is 11.8 Å². The zero-order chi connectivity index (χ0) is 21.0. The Morgan fingerprint density at radius 1 is 1.10 bits per heavy atom. The number of nitrogens with zero attached hydrogens (tertiary/aromatic N) is 3. The summed E-state index contributed by atoms with van der Waals surface area (Å²) < 4.78 is 11.0. The van der Waals surface area contributed by atoms with Crippen LogP contribution < -0.4 is 0 Å². The Kier molecular flexibility index (Phi) is 6.02. The quantitative estimate of drug-likeness (QED) is 0.644. The molecule has 4 heterocycles. The first-order valence-electron chi connectivity index (χ1n) is 11.5. The molecule has 0 aliphatic carbocycles. The Bertz CT molecular complexity index is 1010. The summed E-state index contributed by atoms with van der Waals surface area (Å²) in [5.74, 6) is 2.44. The molecule has 0 bridgehead atoms. The number of aromatic nitrogens is 3. The highest BCUT2D eigenvalue weighted by Gasteiger charge is 2.29. The third kappa shape index (κ3) is 4.51. The summed E-state index contributed by atoms with van der Waals surface area (Å²) in [7, 11) is 0. The number of carbonyl (C=O) groups excluding carboxylic acids is 1. The van der Waals surface area contributed by atoms with Crippen LogP contribution in [-0.2, 0) is 16.0 Å². The van der Waals surface area contributed by atoms with E-state index in [4.69, 9.17) is 14.2 Å². The Hall–Kier alpha value is -2.67. The summed E-state index contributed by atoms with van der Waals surface area (Å²) in [5, 5.41) is 5.49.